The van der Waals surface area contributed by atoms with Crippen molar-refractivity contribution < 1.29 is 4.39 Å². The number of hydrogen-bond donors (Lipinski definition) is 1. The van der Waals surface area contributed by atoms with E-state index < -0.39 is 0 Å². The number of aryl methyl sites for hydroxylation is 1. The maximum absolute atomic E-state index is 13.6. The second-order valence-corrected chi connectivity index (χ2v) is 5.62. The summed E-state index contributed by atoms with van der Waals surface area (Å²) < 4.78 is 13.6. The first kappa shape index (κ1) is 14.2. The number of benzene rings is 1. The molecule has 0 fully saturated rings. The van der Waals surface area contributed by atoms with E-state index in [-0.39, 0.29) is 5.82 Å². The van der Waals surface area contributed by atoms with Crippen molar-refractivity contribution in [1.82, 2.24) is 10.3 Å². The van der Waals surface area contributed by atoms with Gasteiger partial charge in [-0.25, -0.2) is 4.39 Å². The minimum Gasteiger partial charge on any atom is -0.313 e. The van der Waals surface area contributed by atoms with E-state index in [0.29, 0.717) is 12.5 Å². The van der Waals surface area contributed by atoms with Gasteiger partial charge in [-0.1, -0.05) is 19.1 Å². The van der Waals surface area contributed by atoms with Crippen LogP contribution in [-0.4, -0.2) is 11.5 Å². The van der Waals surface area contributed by atoms with Crippen molar-refractivity contribution in [3.63, 3.8) is 0 Å². The van der Waals surface area contributed by atoms with Crippen LogP contribution in [0.5, 0.6) is 0 Å². The number of hydrogen-bond acceptors (Lipinski definition) is 2. The largest absolute Gasteiger partial charge is 0.313 e. The zero-order chi connectivity index (χ0) is 14.7. The normalized spacial score (nSPS) is 17.5. The molecule has 1 unspecified atom stereocenters. The fourth-order valence-corrected chi connectivity index (χ4v) is 3.24. The first-order valence-corrected chi connectivity index (χ1v) is 7.72. The van der Waals surface area contributed by atoms with E-state index in [1.807, 2.05) is 18.3 Å². The second kappa shape index (κ2) is 6.35. The number of nitrogens with zero attached hydrogens (tertiary/aromatic N) is 1. The van der Waals surface area contributed by atoms with Crippen molar-refractivity contribution in [2.45, 2.75) is 38.6 Å². The van der Waals surface area contributed by atoms with Crippen LogP contribution < -0.4 is 5.32 Å². The molecule has 0 spiro atoms. The van der Waals surface area contributed by atoms with Crippen LogP contribution in [0.3, 0.4) is 0 Å². The molecule has 0 saturated carbocycles. The summed E-state index contributed by atoms with van der Waals surface area (Å²) in [6.07, 6.45) is 5.23. The van der Waals surface area contributed by atoms with Crippen LogP contribution in [0.15, 0.2) is 36.5 Å². The average molecular weight is 284 g/mol. The molecule has 0 amide bonds. The molecule has 0 bridgehead atoms. The highest BCUT2D eigenvalue weighted by Crippen LogP contribution is 2.36. The van der Waals surface area contributed by atoms with Crippen molar-refractivity contribution in [3.8, 4) is 0 Å². The molecule has 3 heteroatoms. The van der Waals surface area contributed by atoms with E-state index >= 15 is 0 Å². The van der Waals surface area contributed by atoms with Gasteiger partial charge in [-0.3, -0.25) is 4.98 Å². The van der Waals surface area contributed by atoms with Crippen LogP contribution in [0, 0.1) is 5.82 Å². The van der Waals surface area contributed by atoms with Crippen LogP contribution in [0.1, 0.15) is 48.1 Å². The summed E-state index contributed by atoms with van der Waals surface area (Å²) in [6, 6.07) is 9.35. The molecular formula is C18H21FN2. The van der Waals surface area contributed by atoms with E-state index in [4.69, 9.17) is 0 Å². The number of pyridine rings is 1. The van der Waals surface area contributed by atoms with E-state index in [0.717, 1.165) is 24.9 Å². The SMILES string of the molecule is CCNCc1cc(F)ccc1C1CCCc2cccnc21. The highest BCUT2D eigenvalue weighted by Gasteiger charge is 2.24. The van der Waals surface area contributed by atoms with Crippen LogP contribution in [0.2, 0.25) is 0 Å². The summed E-state index contributed by atoms with van der Waals surface area (Å²) in [5, 5.41) is 3.31. The van der Waals surface area contributed by atoms with E-state index in [2.05, 4.69) is 23.3 Å². The summed E-state index contributed by atoms with van der Waals surface area (Å²) >= 11 is 0. The van der Waals surface area contributed by atoms with Gasteiger partial charge in [0.1, 0.15) is 5.82 Å². The third-order valence-corrected chi connectivity index (χ3v) is 4.24. The van der Waals surface area contributed by atoms with Gasteiger partial charge in [0, 0.05) is 18.7 Å². The number of aromatic nitrogens is 1. The third-order valence-electron chi connectivity index (χ3n) is 4.24. The van der Waals surface area contributed by atoms with Crippen LogP contribution in [0.25, 0.3) is 0 Å². The highest BCUT2D eigenvalue weighted by atomic mass is 19.1. The fourth-order valence-electron chi connectivity index (χ4n) is 3.24. The lowest BCUT2D eigenvalue weighted by Crippen LogP contribution is -2.18. The van der Waals surface area contributed by atoms with Gasteiger partial charge in [-0.15, -0.1) is 0 Å². The van der Waals surface area contributed by atoms with Crippen molar-refractivity contribution in [3.05, 3.63) is 64.7 Å². The van der Waals surface area contributed by atoms with Crippen LogP contribution >= 0.6 is 0 Å². The first-order valence-electron chi connectivity index (χ1n) is 7.72. The monoisotopic (exact) mass is 284 g/mol. The highest BCUT2D eigenvalue weighted by molar-refractivity contribution is 5.40. The molecule has 21 heavy (non-hydrogen) atoms. The first-order chi connectivity index (χ1) is 10.3. The maximum Gasteiger partial charge on any atom is 0.123 e. The van der Waals surface area contributed by atoms with Gasteiger partial charge in [-0.2, -0.15) is 0 Å². The lowest BCUT2D eigenvalue weighted by atomic mass is 9.80. The maximum atomic E-state index is 13.6. The van der Waals surface area contributed by atoms with Gasteiger partial charge < -0.3 is 5.32 Å². The second-order valence-electron chi connectivity index (χ2n) is 5.62. The van der Waals surface area contributed by atoms with Gasteiger partial charge in [0.15, 0.2) is 0 Å². The Labute approximate surface area is 125 Å². The fraction of sp³-hybridized carbons (Fsp3) is 0.389. The summed E-state index contributed by atoms with van der Waals surface area (Å²) in [7, 11) is 0. The van der Waals surface area contributed by atoms with Gasteiger partial charge >= 0.3 is 0 Å². The number of halogens is 1. The molecule has 1 aliphatic carbocycles. The predicted molar refractivity (Wildman–Crippen MR) is 82.8 cm³/mol. The molecule has 2 aromatic rings. The summed E-state index contributed by atoms with van der Waals surface area (Å²) in [5.74, 6) is 0.132. The van der Waals surface area contributed by atoms with Crippen molar-refractivity contribution >= 4 is 0 Å². The standard InChI is InChI=1S/C18H21FN2/c1-2-20-12-14-11-15(19)8-9-16(14)17-7-3-5-13-6-4-10-21-18(13)17/h4,6,8-11,17,20H,2-3,5,7,12H2,1H3. The molecule has 1 heterocycles. The van der Waals surface area contributed by atoms with Gasteiger partial charge in [0.05, 0.1) is 5.69 Å². The minimum absolute atomic E-state index is 0.163. The van der Waals surface area contributed by atoms with E-state index in [1.165, 1.54) is 23.2 Å². The van der Waals surface area contributed by atoms with Crippen LogP contribution in [0.4, 0.5) is 4.39 Å². The molecule has 2 nitrogen and oxygen atoms in total. The van der Waals surface area contributed by atoms with E-state index in [9.17, 15) is 4.39 Å². The number of fused-ring (bicyclic) bond motifs is 1. The molecule has 1 aliphatic rings. The quantitative estimate of drug-likeness (QED) is 0.923. The molecule has 0 aliphatic heterocycles. The zero-order valence-corrected chi connectivity index (χ0v) is 12.4. The topological polar surface area (TPSA) is 24.9 Å². The summed E-state index contributed by atoms with van der Waals surface area (Å²) in [6.45, 7) is 3.66. The lowest BCUT2D eigenvalue weighted by molar-refractivity contribution is 0.582. The minimum atomic E-state index is -0.163. The Morgan fingerprint density at radius 1 is 1.33 bits per heavy atom. The van der Waals surface area contributed by atoms with E-state index in [1.54, 1.807) is 12.1 Å². The van der Waals surface area contributed by atoms with Crippen molar-refractivity contribution in [2.75, 3.05) is 6.54 Å². The Balaban J connectivity index is 2.01. The Bertz CT molecular complexity index is 624. The smallest absolute Gasteiger partial charge is 0.123 e. The van der Waals surface area contributed by atoms with Crippen molar-refractivity contribution in [2.24, 2.45) is 0 Å². The molecule has 1 N–H and O–H groups in total. The lowest BCUT2D eigenvalue weighted by Gasteiger charge is -2.26. The molecule has 1 aromatic carbocycles. The van der Waals surface area contributed by atoms with Crippen molar-refractivity contribution in [1.29, 1.82) is 0 Å². The average Bonchev–Trinajstić information content (AvgIpc) is 2.52. The summed E-state index contributed by atoms with van der Waals surface area (Å²) in [5.41, 5.74) is 4.79. The van der Waals surface area contributed by atoms with Crippen LogP contribution in [-0.2, 0) is 13.0 Å². The molecule has 1 aromatic heterocycles. The Hall–Kier alpha value is -1.74. The van der Waals surface area contributed by atoms with Gasteiger partial charge in [0.2, 0.25) is 0 Å². The van der Waals surface area contributed by atoms with Gasteiger partial charge in [-0.05, 0) is 60.7 Å². The number of nitrogens with one attached hydrogen (secondary N) is 1. The molecule has 0 radical (unpaired) electrons. The Kier molecular flexibility index (Phi) is 4.30. The molecule has 3 rings (SSSR count). The predicted octanol–water partition coefficient (Wildman–Crippen LogP) is 3.80. The Morgan fingerprint density at radius 2 is 2.24 bits per heavy atom. The number of rotatable bonds is 4. The molecule has 0 saturated heterocycles. The van der Waals surface area contributed by atoms with Gasteiger partial charge in [0.25, 0.3) is 0 Å². The zero-order valence-electron chi connectivity index (χ0n) is 12.4. The molecule has 110 valence electrons. The Morgan fingerprint density at radius 3 is 3.10 bits per heavy atom. The molecule has 1 atom stereocenters. The third kappa shape index (κ3) is 2.98. The molecular weight excluding hydrogens is 263 g/mol. The summed E-state index contributed by atoms with van der Waals surface area (Å²) in [4.78, 5) is 4.61.